The van der Waals surface area contributed by atoms with Gasteiger partial charge in [-0.2, -0.15) is 0 Å². The lowest BCUT2D eigenvalue weighted by Crippen LogP contribution is -2.36. The van der Waals surface area contributed by atoms with E-state index in [4.69, 9.17) is 32.7 Å². The number of carbonyl (C=O) groups excluding carboxylic acids is 2. The molecule has 1 atom stereocenters. The highest BCUT2D eigenvalue weighted by Gasteiger charge is 2.35. The summed E-state index contributed by atoms with van der Waals surface area (Å²) in [6.07, 6.45) is 0.132. The molecular weight excluding hydrogens is 477 g/mol. The number of hydrazine groups is 1. The monoisotopic (exact) mass is 499 g/mol. The first-order valence-corrected chi connectivity index (χ1v) is 11.4. The molecule has 0 spiro atoms. The Morgan fingerprint density at radius 1 is 1.09 bits per heavy atom. The number of carbonyl (C=O) groups is 2. The number of amides is 2. The Bertz CT molecular complexity index is 1190. The molecule has 0 aliphatic carbocycles. The van der Waals surface area contributed by atoms with Gasteiger partial charge in [0, 0.05) is 34.3 Å². The summed E-state index contributed by atoms with van der Waals surface area (Å²) in [7, 11) is 1.58. The molecule has 2 N–H and O–H groups in total. The number of benzene rings is 3. The summed E-state index contributed by atoms with van der Waals surface area (Å²) in [4.78, 5) is 26.9. The molecule has 34 heavy (non-hydrogen) atoms. The Morgan fingerprint density at radius 3 is 2.59 bits per heavy atom. The third-order valence-electron chi connectivity index (χ3n) is 5.49. The first-order chi connectivity index (χ1) is 16.4. The maximum absolute atomic E-state index is 12.8. The van der Waals surface area contributed by atoms with Crippen molar-refractivity contribution in [1.29, 1.82) is 0 Å². The second-order valence-electron chi connectivity index (χ2n) is 7.74. The van der Waals surface area contributed by atoms with Gasteiger partial charge < -0.3 is 14.4 Å². The van der Waals surface area contributed by atoms with Crippen LogP contribution in [0.25, 0.3) is 0 Å². The minimum absolute atomic E-state index is 0.103. The van der Waals surface area contributed by atoms with Gasteiger partial charge in [-0.25, -0.2) is 0 Å². The van der Waals surface area contributed by atoms with Crippen LogP contribution in [0.3, 0.4) is 0 Å². The summed E-state index contributed by atoms with van der Waals surface area (Å²) < 4.78 is 11.1. The van der Waals surface area contributed by atoms with E-state index < -0.39 is 5.92 Å². The zero-order valence-corrected chi connectivity index (χ0v) is 19.9. The van der Waals surface area contributed by atoms with Crippen molar-refractivity contribution in [2.45, 2.75) is 13.0 Å². The number of nitrogens with zero attached hydrogens (tertiary/aromatic N) is 1. The molecule has 0 aromatic heterocycles. The van der Waals surface area contributed by atoms with Crippen LogP contribution in [0.15, 0.2) is 66.7 Å². The molecule has 3 aromatic carbocycles. The van der Waals surface area contributed by atoms with Gasteiger partial charge in [-0.1, -0.05) is 41.4 Å². The Morgan fingerprint density at radius 2 is 1.85 bits per heavy atom. The fourth-order valence-corrected chi connectivity index (χ4v) is 4.08. The second-order valence-corrected chi connectivity index (χ2v) is 8.58. The van der Waals surface area contributed by atoms with Crippen LogP contribution < -0.4 is 25.2 Å². The minimum Gasteiger partial charge on any atom is -0.497 e. The Kier molecular flexibility index (Phi) is 7.45. The van der Waals surface area contributed by atoms with E-state index >= 15 is 0 Å². The van der Waals surface area contributed by atoms with Crippen molar-refractivity contribution in [3.05, 3.63) is 82.3 Å². The largest absolute Gasteiger partial charge is 0.497 e. The highest BCUT2D eigenvalue weighted by molar-refractivity contribution is 6.35. The summed E-state index contributed by atoms with van der Waals surface area (Å²) in [6.45, 7) is 0.530. The maximum atomic E-state index is 12.8. The van der Waals surface area contributed by atoms with Crippen LogP contribution in [-0.4, -0.2) is 25.5 Å². The highest BCUT2D eigenvalue weighted by Crippen LogP contribution is 2.29. The van der Waals surface area contributed by atoms with Crippen LogP contribution in [0, 0.1) is 5.92 Å². The van der Waals surface area contributed by atoms with E-state index in [1.54, 1.807) is 66.6 Å². The lowest BCUT2D eigenvalue weighted by atomic mass is 10.1. The number of halogens is 2. The molecule has 1 fully saturated rings. The Labute approximate surface area is 207 Å². The van der Waals surface area contributed by atoms with Crippen LogP contribution in [0.5, 0.6) is 11.5 Å². The first-order valence-electron chi connectivity index (χ1n) is 10.6. The van der Waals surface area contributed by atoms with Gasteiger partial charge in [0.1, 0.15) is 18.1 Å². The summed E-state index contributed by atoms with van der Waals surface area (Å²) >= 11 is 12.2. The first kappa shape index (κ1) is 23.7. The van der Waals surface area contributed by atoms with E-state index in [0.29, 0.717) is 33.8 Å². The summed E-state index contributed by atoms with van der Waals surface area (Å²) in [5, 5.41) is 1.06. The summed E-state index contributed by atoms with van der Waals surface area (Å²) in [6, 6.07) is 19.6. The minimum atomic E-state index is -0.483. The fourth-order valence-electron chi connectivity index (χ4n) is 3.62. The number of ether oxygens (including phenoxy) is 2. The lowest BCUT2D eigenvalue weighted by molar-refractivity contribution is -0.125. The van der Waals surface area contributed by atoms with E-state index in [2.05, 4.69) is 10.9 Å². The number of methoxy groups -OCH3 is 1. The highest BCUT2D eigenvalue weighted by atomic mass is 35.5. The molecule has 9 heteroatoms. The van der Waals surface area contributed by atoms with Gasteiger partial charge in [-0.15, -0.1) is 0 Å². The molecule has 7 nitrogen and oxygen atoms in total. The van der Waals surface area contributed by atoms with Crippen LogP contribution in [0.2, 0.25) is 10.0 Å². The van der Waals surface area contributed by atoms with Gasteiger partial charge in [0.05, 0.1) is 18.7 Å². The molecule has 1 aliphatic rings. The molecule has 176 valence electrons. The number of nitrogens with one attached hydrogen (secondary N) is 2. The van der Waals surface area contributed by atoms with E-state index in [9.17, 15) is 9.59 Å². The molecule has 2 amide bonds. The van der Waals surface area contributed by atoms with E-state index in [1.807, 2.05) is 12.1 Å². The molecule has 1 aliphatic heterocycles. The van der Waals surface area contributed by atoms with E-state index in [1.165, 1.54) is 0 Å². The average Bonchev–Trinajstić information content (AvgIpc) is 3.24. The third kappa shape index (κ3) is 5.55. The molecule has 0 radical (unpaired) electrons. The van der Waals surface area contributed by atoms with Crippen molar-refractivity contribution in [3.63, 3.8) is 0 Å². The van der Waals surface area contributed by atoms with Crippen LogP contribution in [-0.2, 0) is 16.2 Å². The third-order valence-corrected chi connectivity index (χ3v) is 6.07. The quantitative estimate of drug-likeness (QED) is 0.422. The second kappa shape index (κ2) is 10.7. The predicted octanol–water partition coefficient (Wildman–Crippen LogP) is 5.08. The van der Waals surface area contributed by atoms with Crippen molar-refractivity contribution in [3.8, 4) is 11.5 Å². The average molecular weight is 500 g/mol. The molecule has 1 saturated heterocycles. The topological polar surface area (TPSA) is 79.9 Å². The number of para-hydroxylation sites is 2. The fraction of sp³-hybridized carbons (Fsp3) is 0.200. The molecule has 0 unspecified atom stereocenters. The predicted molar refractivity (Wildman–Crippen MR) is 132 cm³/mol. The SMILES string of the molecule is COc1ccc(N2C[C@H](C(=O)NNc3ccccc3OCc3ccc(Cl)cc3Cl)CC2=O)cc1. The number of hydrogen-bond donors (Lipinski definition) is 2. The molecule has 1 heterocycles. The van der Waals surface area contributed by atoms with Crippen LogP contribution >= 0.6 is 23.2 Å². The number of anilines is 2. The van der Waals surface area contributed by atoms with Gasteiger partial charge in [-0.05, 0) is 48.5 Å². The smallest absolute Gasteiger partial charge is 0.243 e. The normalized spacial score (nSPS) is 15.2. The van der Waals surface area contributed by atoms with Crippen LogP contribution in [0.4, 0.5) is 11.4 Å². The van der Waals surface area contributed by atoms with Crippen molar-refractivity contribution in [2.75, 3.05) is 24.0 Å². The van der Waals surface area contributed by atoms with Crippen LogP contribution in [0.1, 0.15) is 12.0 Å². The Hall–Kier alpha value is -3.42. The Balaban J connectivity index is 1.35. The van der Waals surface area contributed by atoms with Gasteiger partial charge in [-0.3, -0.25) is 20.4 Å². The standard InChI is InChI=1S/C25H23Cl2N3O4/c1-33-20-10-8-19(9-11-20)30-14-17(12-24(30)31)25(32)29-28-22-4-2-3-5-23(22)34-15-16-6-7-18(26)13-21(16)27/h2-11,13,17,28H,12,14-15H2,1H3,(H,29,32)/t17-/m1/s1. The zero-order valence-electron chi connectivity index (χ0n) is 18.4. The molecule has 4 rings (SSSR count). The molecule has 0 saturated carbocycles. The van der Waals surface area contributed by atoms with Gasteiger partial charge in [0.25, 0.3) is 0 Å². The van der Waals surface area contributed by atoms with Gasteiger partial charge >= 0.3 is 0 Å². The molecule has 3 aromatic rings. The van der Waals surface area contributed by atoms with Crippen molar-refractivity contribution in [1.82, 2.24) is 5.43 Å². The van der Waals surface area contributed by atoms with Crippen molar-refractivity contribution >= 4 is 46.4 Å². The number of hydrogen-bond acceptors (Lipinski definition) is 5. The zero-order chi connectivity index (χ0) is 24.1. The molecule has 0 bridgehead atoms. The van der Waals surface area contributed by atoms with Crippen molar-refractivity contribution in [2.24, 2.45) is 5.92 Å². The maximum Gasteiger partial charge on any atom is 0.243 e. The number of rotatable bonds is 8. The van der Waals surface area contributed by atoms with Gasteiger partial charge in [0.15, 0.2) is 0 Å². The lowest BCUT2D eigenvalue weighted by Gasteiger charge is -2.18. The molecular formula is C25H23Cl2N3O4. The summed E-state index contributed by atoms with van der Waals surface area (Å²) in [5.41, 5.74) is 7.70. The van der Waals surface area contributed by atoms with Gasteiger partial charge in [0.2, 0.25) is 11.8 Å². The van der Waals surface area contributed by atoms with E-state index in [-0.39, 0.29) is 24.8 Å². The van der Waals surface area contributed by atoms with E-state index in [0.717, 1.165) is 11.3 Å². The summed E-state index contributed by atoms with van der Waals surface area (Å²) in [5.74, 6) is 0.376. The van der Waals surface area contributed by atoms with Crippen molar-refractivity contribution < 1.29 is 19.1 Å².